The third-order valence-electron chi connectivity index (χ3n) is 3.13. The summed E-state index contributed by atoms with van der Waals surface area (Å²) in [6, 6.07) is 0. The maximum Gasteiger partial charge on any atom is 0.226 e. The fourth-order valence-electron chi connectivity index (χ4n) is 1.93. The van der Waals surface area contributed by atoms with Gasteiger partial charge in [-0.1, -0.05) is 11.6 Å². The highest BCUT2D eigenvalue weighted by Gasteiger charge is 2.20. The third kappa shape index (κ3) is 3.44. The quantitative estimate of drug-likeness (QED) is 0.840. The van der Waals surface area contributed by atoms with E-state index >= 15 is 0 Å². The molecule has 0 aromatic carbocycles. The van der Waals surface area contributed by atoms with Crippen LogP contribution in [0.15, 0.2) is 6.20 Å². The van der Waals surface area contributed by atoms with Crippen LogP contribution in [0.25, 0.3) is 0 Å². The Labute approximate surface area is 113 Å². The van der Waals surface area contributed by atoms with Crippen molar-refractivity contribution in [3.63, 3.8) is 0 Å². The van der Waals surface area contributed by atoms with Gasteiger partial charge in [0.15, 0.2) is 0 Å². The maximum absolute atomic E-state index is 5.99. The van der Waals surface area contributed by atoms with E-state index in [9.17, 15) is 0 Å². The zero-order chi connectivity index (χ0) is 11.5. The molecule has 2 heterocycles. The molecule has 6 heteroatoms. The summed E-state index contributed by atoms with van der Waals surface area (Å²) in [6.07, 6.45) is 4.01. The normalized spacial score (nSPS) is 16.8. The Kier molecular flexibility index (Phi) is 5.43. The van der Waals surface area contributed by atoms with E-state index in [0.717, 1.165) is 44.0 Å². The van der Waals surface area contributed by atoms with Crippen LogP contribution in [0.4, 0.5) is 5.95 Å². The highest BCUT2D eigenvalue weighted by molar-refractivity contribution is 6.30. The van der Waals surface area contributed by atoms with Crippen LogP contribution in [-0.2, 0) is 0 Å². The second-order valence-corrected chi connectivity index (χ2v) is 4.67. The summed E-state index contributed by atoms with van der Waals surface area (Å²) in [6.45, 7) is 4.64. The van der Waals surface area contributed by atoms with E-state index in [1.165, 1.54) is 0 Å². The summed E-state index contributed by atoms with van der Waals surface area (Å²) in [4.78, 5) is 10.8. The molecule has 96 valence electrons. The number of piperidine rings is 1. The Morgan fingerprint density at radius 2 is 2.12 bits per heavy atom. The molecule has 17 heavy (non-hydrogen) atoms. The Bertz CT molecular complexity index is 364. The van der Waals surface area contributed by atoms with Gasteiger partial charge in [-0.05, 0) is 32.2 Å². The first kappa shape index (κ1) is 14.5. The summed E-state index contributed by atoms with van der Waals surface area (Å²) >= 11 is 5.99. The molecule has 4 nitrogen and oxygen atoms in total. The number of rotatable bonds is 2. The molecule has 1 fully saturated rings. The molecular weight excluding hydrogens is 259 g/mol. The smallest absolute Gasteiger partial charge is 0.226 e. The highest BCUT2D eigenvalue weighted by atomic mass is 35.5. The van der Waals surface area contributed by atoms with Crippen LogP contribution >= 0.6 is 24.0 Å². The number of halogens is 2. The lowest BCUT2D eigenvalue weighted by Gasteiger charge is -2.31. The molecule has 0 unspecified atom stereocenters. The lowest BCUT2D eigenvalue weighted by Crippen LogP contribution is -2.37. The number of nitrogens with zero attached hydrogens (tertiary/aromatic N) is 3. The van der Waals surface area contributed by atoms with Crippen LogP contribution in [0.5, 0.6) is 0 Å². The number of aromatic nitrogens is 2. The average molecular weight is 277 g/mol. The first-order chi connectivity index (χ1) is 7.70. The topological polar surface area (TPSA) is 55.0 Å². The molecular formula is C11H18Cl2N4. The summed E-state index contributed by atoms with van der Waals surface area (Å²) in [5.74, 6) is 1.39. The fourth-order valence-corrected chi connectivity index (χ4v) is 2.06. The molecule has 1 aromatic heterocycles. The maximum atomic E-state index is 5.99. The zero-order valence-corrected chi connectivity index (χ0v) is 11.5. The molecule has 0 aliphatic carbocycles. The largest absolute Gasteiger partial charge is 0.341 e. The van der Waals surface area contributed by atoms with E-state index < -0.39 is 0 Å². The van der Waals surface area contributed by atoms with Crippen molar-refractivity contribution in [3.05, 3.63) is 16.9 Å². The molecule has 0 bridgehead atoms. The van der Waals surface area contributed by atoms with E-state index in [1.54, 1.807) is 6.20 Å². The molecule has 0 saturated carbocycles. The molecule has 1 aliphatic heterocycles. The zero-order valence-electron chi connectivity index (χ0n) is 9.90. The van der Waals surface area contributed by atoms with Gasteiger partial charge in [0, 0.05) is 24.8 Å². The van der Waals surface area contributed by atoms with Crippen molar-refractivity contribution in [2.45, 2.75) is 19.8 Å². The van der Waals surface area contributed by atoms with Crippen LogP contribution in [-0.4, -0.2) is 29.6 Å². The van der Waals surface area contributed by atoms with E-state index in [-0.39, 0.29) is 12.4 Å². The molecule has 0 radical (unpaired) electrons. The van der Waals surface area contributed by atoms with Gasteiger partial charge >= 0.3 is 0 Å². The van der Waals surface area contributed by atoms with Crippen LogP contribution in [0.1, 0.15) is 18.4 Å². The van der Waals surface area contributed by atoms with E-state index in [1.807, 2.05) is 6.92 Å². The molecule has 2 N–H and O–H groups in total. The van der Waals surface area contributed by atoms with Gasteiger partial charge in [-0.2, -0.15) is 0 Å². The van der Waals surface area contributed by atoms with Gasteiger partial charge in [-0.3, -0.25) is 0 Å². The lowest BCUT2D eigenvalue weighted by atomic mass is 9.97. The van der Waals surface area contributed by atoms with Gasteiger partial charge in [-0.15, -0.1) is 12.4 Å². The molecule has 1 saturated heterocycles. The van der Waals surface area contributed by atoms with Crippen molar-refractivity contribution < 1.29 is 0 Å². The second-order valence-electron chi connectivity index (χ2n) is 4.31. The molecule has 1 aliphatic rings. The van der Waals surface area contributed by atoms with E-state index in [0.29, 0.717) is 11.1 Å². The van der Waals surface area contributed by atoms with E-state index in [4.69, 9.17) is 17.3 Å². The minimum absolute atomic E-state index is 0. The Morgan fingerprint density at radius 3 is 2.65 bits per heavy atom. The lowest BCUT2D eigenvalue weighted by molar-refractivity contribution is 0.411. The first-order valence-electron chi connectivity index (χ1n) is 5.65. The number of hydrogen-bond donors (Lipinski definition) is 1. The van der Waals surface area contributed by atoms with Gasteiger partial charge in [0.05, 0.1) is 0 Å². The Hall–Kier alpha value is -0.580. The van der Waals surface area contributed by atoms with Crippen molar-refractivity contribution in [1.82, 2.24) is 9.97 Å². The van der Waals surface area contributed by atoms with Crippen LogP contribution in [0, 0.1) is 12.8 Å². The third-order valence-corrected chi connectivity index (χ3v) is 3.51. The summed E-state index contributed by atoms with van der Waals surface area (Å²) in [5.41, 5.74) is 6.58. The minimum atomic E-state index is 0. The molecule has 0 amide bonds. The number of nitrogens with two attached hydrogens (primary N) is 1. The molecule has 0 spiro atoms. The SMILES string of the molecule is Cc1cnc(N2CCC(CN)CC2)nc1Cl.Cl. The standard InChI is InChI=1S/C11H17ClN4.ClH/c1-8-7-14-11(15-10(8)12)16-4-2-9(6-13)3-5-16;/h7,9H,2-6,13H2,1H3;1H. The predicted molar refractivity (Wildman–Crippen MR) is 73.0 cm³/mol. The first-order valence-corrected chi connectivity index (χ1v) is 6.02. The number of anilines is 1. The van der Waals surface area contributed by atoms with Crippen LogP contribution in [0.2, 0.25) is 5.15 Å². The predicted octanol–water partition coefficient (Wildman–Crippen LogP) is 2.04. The average Bonchev–Trinajstić information content (AvgIpc) is 2.33. The van der Waals surface area contributed by atoms with Gasteiger partial charge in [0.1, 0.15) is 5.15 Å². The highest BCUT2D eigenvalue weighted by Crippen LogP contribution is 2.21. The fraction of sp³-hybridized carbons (Fsp3) is 0.636. The second kappa shape index (κ2) is 6.38. The van der Waals surface area contributed by atoms with Gasteiger partial charge in [0.25, 0.3) is 0 Å². The Morgan fingerprint density at radius 1 is 1.47 bits per heavy atom. The minimum Gasteiger partial charge on any atom is -0.341 e. The van der Waals surface area contributed by atoms with Crippen molar-refractivity contribution in [2.75, 3.05) is 24.5 Å². The van der Waals surface area contributed by atoms with Crippen LogP contribution < -0.4 is 10.6 Å². The summed E-state index contributed by atoms with van der Waals surface area (Å²) in [5, 5.41) is 0.547. The summed E-state index contributed by atoms with van der Waals surface area (Å²) < 4.78 is 0. The Balaban J connectivity index is 0.00000144. The molecule has 0 atom stereocenters. The van der Waals surface area contributed by atoms with Crippen molar-refractivity contribution in [2.24, 2.45) is 11.7 Å². The van der Waals surface area contributed by atoms with Crippen molar-refractivity contribution in [1.29, 1.82) is 0 Å². The van der Waals surface area contributed by atoms with Crippen molar-refractivity contribution in [3.8, 4) is 0 Å². The van der Waals surface area contributed by atoms with Crippen LogP contribution in [0.3, 0.4) is 0 Å². The molecule has 1 aromatic rings. The number of hydrogen-bond acceptors (Lipinski definition) is 4. The van der Waals surface area contributed by atoms with Gasteiger partial charge in [0.2, 0.25) is 5.95 Å². The molecule has 2 rings (SSSR count). The van der Waals surface area contributed by atoms with E-state index in [2.05, 4.69) is 14.9 Å². The van der Waals surface area contributed by atoms with Gasteiger partial charge in [-0.25, -0.2) is 9.97 Å². The number of aryl methyl sites for hydroxylation is 1. The van der Waals surface area contributed by atoms with Crippen molar-refractivity contribution >= 4 is 30.0 Å². The monoisotopic (exact) mass is 276 g/mol. The van der Waals surface area contributed by atoms with Gasteiger partial charge < -0.3 is 10.6 Å². The summed E-state index contributed by atoms with van der Waals surface area (Å²) in [7, 11) is 0.